The van der Waals surface area contributed by atoms with Crippen molar-refractivity contribution in [1.82, 2.24) is 0 Å². The summed E-state index contributed by atoms with van der Waals surface area (Å²) in [5.41, 5.74) is 3.14. The summed E-state index contributed by atoms with van der Waals surface area (Å²) in [7, 11) is 0. The van der Waals surface area contributed by atoms with Crippen LogP contribution in [0.25, 0.3) is 0 Å². The zero-order chi connectivity index (χ0) is 19.0. The molecule has 1 N–H and O–H groups in total. The third-order valence-electron chi connectivity index (χ3n) is 4.81. The lowest BCUT2D eigenvalue weighted by atomic mass is 10.0. The molecule has 1 aliphatic heterocycles. The van der Waals surface area contributed by atoms with Gasteiger partial charge in [-0.3, -0.25) is 0 Å². The summed E-state index contributed by atoms with van der Waals surface area (Å²) in [4.78, 5) is 13.5. The molecule has 0 amide bonds. The molecule has 4 rings (SSSR count). The highest BCUT2D eigenvalue weighted by Crippen LogP contribution is 2.45. The van der Waals surface area contributed by atoms with Crippen molar-refractivity contribution in [1.29, 1.82) is 0 Å². The van der Waals surface area contributed by atoms with Gasteiger partial charge < -0.3 is 14.7 Å². The van der Waals surface area contributed by atoms with Crippen LogP contribution in [0.5, 0.6) is 11.5 Å². The van der Waals surface area contributed by atoms with Crippen LogP contribution in [0.2, 0.25) is 5.02 Å². The van der Waals surface area contributed by atoms with Crippen LogP contribution in [-0.2, 0) is 6.54 Å². The van der Waals surface area contributed by atoms with E-state index in [0.29, 0.717) is 11.6 Å². The summed E-state index contributed by atoms with van der Waals surface area (Å²) in [6.07, 6.45) is 0. The first-order valence-electron chi connectivity index (χ1n) is 8.68. The number of carboxylic acids is 1. The number of halogens is 1. The van der Waals surface area contributed by atoms with Crippen molar-refractivity contribution in [3.05, 3.63) is 88.4 Å². The van der Waals surface area contributed by atoms with Crippen LogP contribution in [0.1, 0.15) is 34.5 Å². The Morgan fingerprint density at radius 2 is 1.89 bits per heavy atom. The second kappa shape index (κ2) is 6.97. The molecule has 1 atom stereocenters. The molecule has 136 valence electrons. The summed E-state index contributed by atoms with van der Waals surface area (Å²) in [5, 5.41) is 9.91. The Kier molecular flexibility index (Phi) is 4.50. The van der Waals surface area contributed by atoms with Gasteiger partial charge in [0.2, 0.25) is 0 Å². The number of aromatic carboxylic acids is 1. The molecule has 3 aromatic carbocycles. The number of hydrogen-bond donors (Lipinski definition) is 1. The van der Waals surface area contributed by atoms with Crippen molar-refractivity contribution in [2.45, 2.75) is 19.5 Å². The number of rotatable bonds is 3. The van der Waals surface area contributed by atoms with E-state index in [0.717, 1.165) is 28.3 Å². The average molecular weight is 380 g/mol. The molecule has 0 bridgehead atoms. The zero-order valence-electron chi connectivity index (χ0n) is 14.7. The van der Waals surface area contributed by atoms with Crippen molar-refractivity contribution in [2.75, 3.05) is 4.90 Å². The first kappa shape index (κ1) is 17.4. The fourth-order valence-corrected chi connectivity index (χ4v) is 3.60. The Hall–Kier alpha value is -2.98. The fraction of sp³-hybridized carbons (Fsp3) is 0.136. The molecule has 27 heavy (non-hydrogen) atoms. The predicted molar refractivity (Wildman–Crippen MR) is 106 cm³/mol. The fourth-order valence-electron chi connectivity index (χ4n) is 3.44. The zero-order valence-corrected chi connectivity index (χ0v) is 15.5. The molecule has 0 radical (unpaired) electrons. The molecule has 0 saturated carbocycles. The van der Waals surface area contributed by atoms with Crippen molar-refractivity contribution in [3.63, 3.8) is 0 Å². The third kappa shape index (κ3) is 3.36. The van der Waals surface area contributed by atoms with Gasteiger partial charge in [0, 0.05) is 17.1 Å². The van der Waals surface area contributed by atoms with Crippen LogP contribution < -0.4 is 9.64 Å². The van der Waals surface area contributed by atoms with Gasteiger partial charge in [0.05, 0.1) is 17.3 Å². The first-order chi connectivity index (χ1) is 13.0. The number of fused-ring (bicyclic) bond motifs is 2. The van der Waals surface area contributed by atoms with E-state index in [1.54, 1.807) is 18.2 Å². The number of carbonyl (C=O) groups is 1. The largest absolute Gasteiger partial charge is 0.478 e. The monoisotopic (exact) mass is 379 g/mol. The average Bonchev–Trinajstić information content (AvgIpc) is 2.78. The number of hydrogen-bond acceptors (Lipinski definition) is 3. The predicted octanol–water partition coefficient (Wildman–Crippen LogP) is 5.91. The van der Waals surface area contributed by atoms with Gasteiger partial charge in [-0.15, -0.1) is 0 Å². The maximum absolute atomic E-state index is 11.3. The molecule has 1 unspecified atom stereocenters. The van der Waals surface area contributed by atoms with Crippen LogP contribution in [0, 0.1) is 0 Å². The number of benzene rings is 3. The molecule has 0 fully saturated rings. The van der Waals surface area contributed by atoms with Crippen LogP contribution in [0.3, 0.4) is 0 Å². The summed E-state index contributed by atoms with van der Waals surface area (Å²) < 4.78 is 6.16. The van der Waals surface area contributed by atoms with E-state index in [2.05, 4.69) is 11.8 Å². The molecule has 0 spiro atoms. The van der Waals surface area contributed by atoms with E-state index in [1.165, 1.54) is 0 Å². The smallest absolute Gasteiger partial charge is 0.335 e. The van der Waals surface area contributed by atoms with Gasteiger partial charge in [-0.2, -0.15) is 0 Å². The molecule has 1 aliphatic rings. The topological polar surface area (TPSA) is 49.8 Å². The molecule has 5 heteroatoms. The Bertz CT molecular complexity index is 1020. The SMILES string of the molecule is CC1c2ccccc2Oc2ccc(Cl)cc2N1Cc1cccc(C(=O)O)c1. The maximum atomic E-state index is 11.3. The van der Waals surface area contributed by atoms with Crippen molar-refractivity contribution in [3.8, 4) is 11.5 Å². The summed E-state index contributed by atoms with van der Waals surface area (Å²) in [5.74, 6) is 0.610. The van der Waals surface area contributed by atoms with Gasteiger partial charge in [0.1, 0.15) is 5.75 Å². The van der Waals surface area contributed by atoms with Crippen molar-refractivity contribution in [2.24, 2.45) is 0 Å². The van der Waals surface area contributed by atoms with Gasteiger partial charge in [-0.1, -0.05) is 41.9 Å². The van der Waals surface area contributed by atoms with Crippen LogP contribution in [-0.4, -0.2) is 11.1 Å². The Balaban J connectivity index is 1.81. The number of para-hydroxylation sites is 1. The second-order valence-corrected chi connectivity index (χ2v) is 7.00. The van der Waals surface area contributed by atoms with E-state index in [-0.39, 0.29) is 11.6 Å². The van der Waals surface area contributed by atoms with Gasteiger partial charge in [-0.25, -0.2) is 4.79 Å². The first-order valence-corrected chi connectivity index (χ1v) is 9.06. The van der Waals surface area contributed by atoms with Gasteiger partial charge in [-0.05, 0) is 48.9 Å². The van der Waals surface area contributed by atoms with E-state index in [9.17, 15) is 9.90 Å². The number of nitrogens with zero attached hydrogens (tertiary/aromatic N) is 1. The number of carboxylic acid groups (broad SMARTS) is 1. The van der Waals surface area contributed by atoms with Gasteiger partial charge in [0.25, 0.3) is 0 Å². The standard InChI is InChI=1S/C22H18ClNO3/c1-14-18-7-2-3-8-20(18)27-21-10-9-17(23)12-19(21)24(14)13-15-5-4-6-16(11-15)22(25)26/h2-12,14H,13H2,1H3,(H,25,26). The molecule has 0 aromatic heterocycles. The van der Waals surface area contributed by atoms with E-state index < -0.39 is 5.97 Å². The summed E-state index contributed by atoms with van der Waals surface area (Å²) in [6, 6.07) is 20.5. The number of ether oxygens (including phenoxy) is 1. The van der Waals surface area contributed by atoms with Crippen molar-refractivity contribution >= 4 is 23.3 Å². The van der Waals surface area contributed by atoms with Gasteiger partial charge >= 0.3 is 5.97 Å². The highest BCUT2D eigenvalue weighted by Gasteiger charge is 2.27. The van der Waals surface area contributed by atoms with Crippen LogP contribution in [0.4, 0.5) is 5.69 Å². The number of anilines is 1. The van der Waals surface area contributed by atoms with Crippen LogP contribution in [0.15, 0.2) is 66.7 Å². The minimum absolute atomic E-state index is 0.0226. The van der Waals surface area contributed by atoms with Gasteiger partial charge in [0.15, 0.2) is 5.75 Å². The minimum Gasteiger partial charge on any atom is -0.478 e. The molecule has 3 aromatic rings. The summed E-state index contributed by atoms with van der Waals surface area (Å²) >= 11 is 6.26. The maximum Gasteiger partial charge on any atom is 0.335 e. The summed E-state index contributed by atoms with van der Waals surface area (Å²) in [6.45, 7) is 2.65. The molecular weight excluding hydrogens is 362 g/mol. The van der Waals surface area contributed by atoms with Crippen LogP contribution >= 0.6 is 11.6 Å². The minimum atomic E-state index is -0.933. The second-order valence-electron chi connectivity index (χ2n) is 6.56. The lowest BCUT2D eigenvalue weighted by Gasteiger charge is -2.30. The quantitative estimate of drug-likeness (QED) is 0.614. The highest BCUT2D eigenvalue weighted by atomic mass is 35.5. The van der Waals surface area contributed by atoms with Crippen molar-refractivity contribution < 1.29 is 14.6 Å². The normalized spacial score (nSPS) is 15.3. The lowest BCUT2D eigenvalue weighted by molar-refractivity contribution is 0.0696. The molecule has 4 nitrogen and oxygen atoms in total. The Morgan fingerprint density at radius 1 is 1.07 bits per heavy atom. The molecule has 0 saturated heterocycles. The molecular formula is C22H18ClNO3. The lowest BCUT2D eigenvalue weighted by Crippen LogP contribution is -2.25. The van der Waals surface area contributed by atoms with E-state index in [4.69, 9.17) is 16.3 Å². The van der Waals surface area contributed by atoms with E-state index >= 15 is 0 Å². The molecule has 0 aliphatic carbocycles. The highest BCUT2D eigenvalue weighted by molar-refractivity contribution is 6.31. The molecule has 1 heterocycles. The Labute approximate surface area is 162 Å². The van der Waals surface area contributed by atoms with E-state index in [1.807, 2.05) is 48.5 Å². The Morgan fingerprint density at radius 3 is 2.70 bits per heavy atom. The third-order valence-corrected chi connectivity index (χ3v) is 5.05.